The highest BCUT2D eigenvalue weighted by molar-refractivity contribution is 5.70. The van der Waals surface area contributed by atoms with E-state index in [1.165, 1.54) is 11.9 Å². The van der Waals surface area contributed by atoms with E-state index in [9.17, 15) is 4.79 Å². The summed E-state index contributed by atoms with van der Waals surface area (Å²) in [7, 11) is 1.77. The number of aromatic nitrogens is 4. The van der Waals surface area contributed by atoms with Crippen LogP contribution in [-0.4, -0.2) is 37.1 Å². The Kier molecular flexibility index (Phi) is 4.27. The number of imidazole rings is 1. The van der Waals surface area contributed by atoms with Crippen LogP contribution >= 0.6 is 0 Å². The van der Waals surface area contributed by atoms with Gasteiger partial charge in [-0.05, 0) is 37.1 Å². The molecule has 0 saturated carbocycles. The summed E-state index contributed by atoms with van der Waals surface area (Å²) in [4.78, 5) is 23.5. The zero-order valence-corrected chi connectivity index (χ0v) is 14.7. The predicted molar refractivity (Wildman–Crippen MR) is 97.5 cm³/mol. The minimum Gasteiger partial charge on any atom is -0.297 e. The van der Waals surface area contributed by atoms with Gasteiger partial charge in [0.05, 0.1) is 23.9 Å². The fourth-order valence-corrected chi connectivity index (χ4v) is 3.75. The minimum absolute atomic E-state index is 0.0364. The van der Waals surface area contributed by atoms with Gasteiger partial charge >= 0.3 is 5.69 Å². The minimum atomic E-state index is -0.0364. The Labute approximate surface area is 151 Å². The SMILES string of the molecule is Cn1c(=O)n(C2CCCN(Cc3ccc(C#N)cc3)C2)c2ncncc21. The molecule has 7 heteroatoms. The quantitative estimate of drug-likeness (QED) is 0.721. The summed E-state index contributed by atoms with van der Waals surface area (Å²) in [5.41, 5.74) is 3.29. The summed E-state index contributed by atoms with van der Waals surface area (Å²) in [6.07, 6.45) is 5.19. The number of rotatable bonds is 3. The van der Waals surface area contributed by atoms with Crippen molar-refractivity contribution < 1.29 is 0 Å². The second-order valence-corrected chi connectivity index (χ2v) is 6.78. The molecule has 1 aliphatic rings. The van der Waals surface area contributed by atoms with Gasteiger partial charge in [-0.15, -0.1) is 0 Å². The van der Waals surface area contributed by atoms with E-state index in [1.807, 2.05) is 28.8 Å². The third-order valence-electron chi connectivity index (χ3n) is 5.09. The zero-order valence-electron chi connectivity index (χ0n) is 14.7. The van der Waals surface area contributed by atoms with E-state index in [-0.39, 0.29) is 11.7 Å². The summed E-state index contributed by atoms with van der Waals surface area (Å²) in [6, 6.07) is 9.95. The Morgan fingerprint density at radius 1 is 1.31 bits per heavy atom. The van der Waals surface area contributed by atoms with Crippen molar-refractivity contribution >= 4 is 11.2 Å². The molecule has 0 N–H and O–H groups in total. The largest absolute Gasteiger partial charge is 0.330 e. The normalized spacial score (nSPS) is 18.1. The van der Waals surface area contributed by atoms with Gasteiger partial charge in [0.1, 0.15) is 11.8 Å². The fraction of sp³-hybridized carbons (Fsp3) is 0.368. The first kappa shape index (κ1) is 16.5. The molecular formula is C19H20N6O. The van der Waals surface area contributed by atoms with Crippen LogP contribution in [0.1, 0.15) is 30.0 Å². The molecular weight excluding hydrogens is 328 g/mol. The maximum atomic E-state index is 12.7. The monoisotopic (exact) mass is 348 g/mol. The second-order valence-electron chi connectivity index (χ2n) is 6.78. The van der Waals surface area contributed by atoms with Gasteiger partial charge in [0, 0.05) is 20.1 Å². The molecule has 3 aromatic rings. The molecule has 0 bridgehead atoms. The van der Waals surface area contributed by atoms with Crippen LogP contribution in [0, 0.1) is 11.3 Å². The number of hydrogen-bond donors (Lipinski definition) is 0. The number of benzene rings is 1. The standard InChI is InChI=1S/C19H20N6O/c1-23-17-10-21-13-22-18(17)25(19(23)26)16-3-2-8-24(12-16)11-15-6-4-14(9-20)5-7-15/h4-7,10,13,16H,2-3,8,11-12H2,1H3. The number of nitrogens with zero attached hydrogens (tertiary/aromatic N) is 6. The molecule has 3 heterocycles. The lowest BCUT2D eigenvalue weighted by Gasteiger charge is -2.33. The molecule has 26 heavy (non-hydrogen) atoms. The Hall–Kier alpha value is -2.98. The van der Waals surface area contributed by atoms with E-state index in [1.54, 1.807) is 17.8 Å². The van der Waals surface area contributed by atoms with Crippen LogP contribution in [0.2, 0.25) is 0 Å². The summed E-state index contributed by atoms with van der Waals surface area (Å²) >= 11 is 0. The van der Waals surface area contributed by atoms with E-state index in [4.69, 9.17) is 5.26 Å². The molecule has 0 amide bonds. The number of likely N-dealkylation sites (tertiary alicyclic amines) is 1. The first-order chi connectivity index (χ1) is 12.7. The van der Waals surface area contributed by atoms with Crippen LogP contribution in [0.4, 0.5) is 0 Å². The van der Waals surface area contributed by atoms with Crippen molar-refractivity contribution in [3.05, 3.63) is 58.4 Å². The fourth-order valence-electron chi connectivity index (χ4n) is 3.75. The molecule has 0 radical (unpaired) electrons. The van der Waals surface area contributed by atoms with Crippen molar-refractivity contribution in [3.8, 4) is 6.07 Å². The highest BCUT2D eigenvalue weighted by Crippen LogP contribution is 2.24. The van der Waals surface area contributed by atoms with Crippen LogP contribution in [-0.2, 0) is 13.6 Å². The molecule has 1 atom stereocenters. The molecule has 7 nitrogen and oxygen atoms in total. The van der Waals surface area contributed by atoms with Gasteiger partial charge in [0.25, 0.3) is 0 Å². The Balaban J connectivity index is 1.58. The molecule has 1 aromatic carbocycles. The van der Waals surface area contributed by atoms with Gasteiger partial charge in [0.2, 0.25) is 0 Å². The number of aryl methyl sites for hydroxylation is 1. The topological polar surface area (TPSA) is 79.7 Å². The average Bonchev–Trinajstić information content (AvgIpc) is 2.94. The summed E-state index contributed by atoms with van der Waals surface area (Å²) in [6.45, 7) is 2.63. The van der Waals surface area contributed by atoms with E-state index in [0.717, 1.165) is 38.0 Å². The van der Waals surface area contributed by atoms with E-state index >= 15 is 0 Å². The highest BCUT2D eigenvalue weighted by atomic mass is 16.1. The Bertz CT molecular complexity index is 1030. The highest BCUT2D eigenvalue weighted by Gasteiger charge is 2.26. The van der Waals surface area contributed by atoms with Crippen molar-refractivity contribution in [2.45, 2.75) is 25.4 Å². The van der Waals surface area contributed by atoms with Crippen molar-refractivity contribution in [1.29, 1.82) is 5.26 Å². The number of hydrogen-bond acceptors (Lipinski definition) is 5. The number of fused-ring (bicyclic) bond motifs is 1. The van der Waals surface area contributed by atoms with E-state index < -0.39 is 0 Å². The smallest absolute Gasteiger partial charge is 0.297 e. The van der Waals surface area contributed by atoms with Gasteiger partial charge in [-0.1, -0.05) is 12.1 Å². The van der Waals surface area contributed by atoms with Crippen molar-refractivity contribution in [1.82, 2.24) is 24.0 Å². The van der Waals surface area contributed by atoms with Crippen molar-refractivity contribution in [2.24, 2.45) is 7.05 Å². The maximum Gasteiger partial charge on any atom is 0.330 e. The van der Waals surface area contributed by atoms with Crippen molar-refractivity contribution in [3.63, 3.8) is 0 Å². The van der Waals surface area contributed by atoms with Crippen LogP contribution in [0.5, 0.6) is 0 Å². The molecule has 1 fully saturated rings. The lowest BCUT2D eigenvalue weighted by Crippen LogP contribution is -2.39. The van der Waals surface area contributed by atoms with Gasteiger partial charge in [-0.2, -0.15) is 5.26 Å². The molecule has 2 aromatic heterocycles. The van der Waals surface area contributed by atoms with Gasteiger partial charge in [-0.3, -0.25) is 14.0 Å². The number of piperidine rings is 1. The summed E-state index contributed by atoms with van der Waals surface area (Å²) in [5, 5.41) is 8.92. The lowest BCUT2D eigenvalue weighted by atomic mass is 10.0. The molecule has 0 spiro atoms. The molecule has 1 saturated heterocycles. The molecule has 4 rings (SSSR count). The van der Waals surface area contributed by atoms with Crippen molar-refractivity contribution in [2.75, 3.05) is 13.1 Å². The zero-order chi connectivity index (χ0) is 18.1. The lowest BCUT2D eigenvalue weighted by molar-refractivity contribution is 0.170. The van der Waals surface area contributed by atoms with Crippen LogP contribution < -0.4 is 5.69 Å². The van der Waals surface area contributed by atoms with E-state index in [0.29, 0.717) is 11.2 Å². The molecule has 1 aliphatic heterocycles. The second kappa shape index (κ2) is 6.73. The third kappa shape index (κ3) is 2.89. The number of nitriles is 1. The van der Waals surface area contributed by atoms with Crippen LogP contribution in [0.25, 0.3) is 11.2 Å². The Morgan fingerprint density at radius 2 is 2.12 bits per heavy atom. The predicted octanol–water partition coefficient (Wildman–Crippen LogP) is 1.84. The molecule has 1 unspecified atom stereocenters. The molecule has 0 aliphatic carbocycles. The first-order valence-electron chi connectivity index (χ1n) is 8.75. The maximum absolute atomic E-state index is 12.7. The van der Waals surface area contributed by atoms with Gasteiger partial charge < -0.3 is 0 Å². The first-order valence-corrected chi connectivity index (χ1v) is 8.75. The van der Waals surface area contributed by atoms with Crippen LogP contribution in [0.15, 0.2) is 41.6 Å². The van der Waals surface area contributed by atoms with Crippen LogP contribution in [0.3, 0.4) is 0 Å². The van der Waals surface area contributed by atoms with Gasteiger partial charge in [-0.25, -0.2) is 14.8 Å². The molecule has 132 valence electrons. The third-order valence-corrected chi connectivity index (χ3v) is 5.09. The summed E-state index contributed by atoms with van der Waals surface area (Å²) < 4.78 is 3.44. The Morgan fingerprint density at radius 3 is 2.88 bits per heavy atom. The summed E-state index contributed by atoms with van der Waals surface area (Å²) in [5.74, 6) is 0. The van der Waals surface area contributed by atoms with E-state index in [2.05, 4.69) is 20.9 Å². The average molecular weight is 348 g/mol. The van der Waals surface area contributed by atoms with Gasteiger partial charge in [0.15, 0.2) is 5.65 Å².